The molecule has 0 spiro atoms. The quantitative estimate of drug-likeness (QED) is 0.793. The Hall–Kier alpha value is -2.67. The van der Waals surface area contributed by atoms with Crippen LogP contribution in [0.4, 0.5) is 5.69 Å². The minimum Gasteiger partial charge on any atom is -0.337 e. The van der Waals surface area contributed by atoms with Crippen LogP contribution in [0.1, 0.15) is 29.6 Å². The van der Waals surface area contributed by atoms with Gasteiger partial charge in [-0.3, -0.25) is 9.59 Å². The Morgan fingerprint density at radius 2 is 2.23 bits per heavy atom. The zero-order valence-electron chi connectivity index (χ0n) is 15.0. The number of aromatic nitrogens is 2. The van der Waals surface area contributed by atoms with Crippen molar-refractivity contribution in [1.82, 2.24) is 19.8 Å². The molecule has 0 aliphatic carbocycles. The van der Waals surface area contributed by atoms with Crippen molar-refractivity contribution in [3.63, 3.8) is 0 Å². The Morgan fingerprint density at radius 3 is 3.00 bits per heavy atom. The third kappa shape index (κ3) is 4.49. The standard InChI is InChI=1S/C19H25N5O2/c1-20-13-17-6-3-9-24(17)19(26)15-4-2-5-16(12-15)22-18(25)7-10-23-11-8-21-14-23/h2,4-5,8,11-12,14,17,20H,3,6-7,9-10,13H2,1H3,(H,22,25). The van der Waals surface area contributed by atoms with E-state index in [1.165, 1.54) is 0 Å². The summed E-state index contributed by atoms with van der Waals surface area (Å²) >= 11 is 0. The summed E-state index contributed by atoms with van der Waals surface area (Å²) in [6, 6.07) is 7.41. The van der Waals surface area contributed by atoms with Gasteiger partial charge in [0.2, 0.25) is 5.91 Å². The number of nitrogens with zero attached hydrogens (tertiary/aromatic N) is 3. The van der Waals surface area contributed by atoms with E-state index < -0.39 is 0 Å². The van der Waals surface area contributed by atoms with E-state index in [0.29, 0.717) is 24.2 Å². The molecule has 1 aromatic carbocycles. The molecule has 0 radical (unpaired) electrons. The van der Waals surface area contributed by atoms with Crippen LogP contribution in [0.3, 0.4) is 0 Å². The first kappa shape index (κ1) is 18.1. The zero-order chi connectivity index (χ0) is 18.4. The van der Waals surface area contributed by atoms with Gasteiger partial charge in [0.05, 0.1) is 6.33 Å². The lowest BCUT2D eigenvalue weighted by atomic mass is 10.1. The van der Waals surface area contributed by atoms with Gasteiger partial charge in [0.1, 0.15) is 0 Å². The molecule has 1 atom stereocenters. The van der Waals surface area contributed by atoms with Crippen molar-refractivity contribution in [3.8, 4) is 0 Å². The Bertz CT molecular complexity index is 744. The van der Waals surface area contributed by atoms with E-state index in [4.69, 9.17) is 0 Å². The highest BCUT2D eigenvalue weighted by Gasteiger charge is 2.28. The maximum atomic E-state index is 12.8. The molecule has 1 aromatic heterocycles. The number of nitrogens with one attached hydrogen (secondary N) is 2. The molecule has 1 aliphatic heterocycles. The highest BCUT2D eigenvalue weighted by Crippen LogP contribution is 2.21. The SMILES string of the molecule is CNCC1CCCN1C(=O)c1cccc(NC(=O)CCn2ccnc2)c1. The summed E-state index contributed by atoms with van der Waals surface area (Å²) in [7, 11) is 1.90. The first-order valence-corrected chi connectivity index (χ1v) is 8.98. The van der Waals surface area contributed by atoms with Gasteiger partial charge < -0.3 is 20.1 Å². The molecule has 3 rings (SSSR count). The van der Waals surface area contributed by atoms with Crippen molar-refractivity contribution in [2.75, 3.05) is 25.5 Å². The summed E-state index contributed by atoms with van der Waals surface area (Å²) in [5.74, 6) is -0.0604. The first-order chi connectivity index (χ1) is 12.7. The van der Waals surface area contributed by atoms with Crippen molar-refractivity contribution in [2.24, 2.45) is 0 Å². The predicted molar refractivity (Wildman–Crippen MR) is 99.9 cm³/mol. The molecule has 1 saturated heterocycles. The fourth-order valence-electron chi connectivity index (χ4n) is 3.32. The van der Waals surface area contributed by atoms with Crippen LogP contribution >= 0.6 is 0 Å². The van der Waals surface area contributed by atoms with Crippen LogP contribution in [0.25, 0.3) is 0 Å². The van der Waals surface area contributed by atoms with E-state index in [-0.39, 0.29) is 17.9 Å². The Balaban J connectivity index is 1.60. The van der Waals surface area contributed by atoms with Crippen LogP contribution in [0, 0.1) is 0 Å². The summed E-state index contributed by atoms with van der Waals surface area (Å²) < 4.78 is 1.86. The topological polar surface area (TPSA) is 79.3 Å². The van der Waals surface area contributed by atoms with Gasteiger partial charge in [-0.1, -0.05) is 6.07 Å². The minimum absolute atomic E-state index is 0.0252. The number of likely N-dealkylation sites (N-methyl/N-ethyl adjacent to an activating group) is 1. The van der Waals surface area contributed by atoms with Gasteiger partial charge >= 0.3 is 0 Å². The van der Waals surface area contributed by atoms with Crippen LogP contribution < -0.4 is 10.6 Å². The van der Waals surface area contributed by atoms with Crippen LogP contribution in [0.5, 0.6) is 0 Å². The molecule has 2 N–H and O–H groups in total. The third-order valence-corrected chi connectivity index (χ3v) is 4.63. The summed E-state index contributed by atoms with van der Waals surface area (Å²) in [6.45, 7) is 2.16. The smallest absolute Gasteiger partial charge is 0.254 e. The number of imidazole rings is 1. The number of amides is 2. The van der Waals surface area contributed by atoms with E-state index in [0.717, 1.165) is 25.9 Å². The molecular formula is C19H25N5O2. The second-order valence-corrected chi connectivity index (χ2v) is 6.53. The number of likely N-dealkylation sites (tertiary alicyclic amines) is 1. The van der Waals surface area contributed by atoms with Crippen molar-refractivity contribution in [1.29, 1.82) is 0 Å². The molecule has 1 fully saturated rings. The molecule has 7 nitrogen and oxygen atoms in total. The van der Waals surface area contributed by atoms with Crippen LogP contribution in [0.2, 0.25) is 0 Å². The molecule has 2 aromatic rings. The molecule has 0 bridgehead atoms. The molecular weight excluding hydrogens is 330 g/mol. The van der Waals surface area contributed by atoms with Crippen molar-refractivity contribution in [3.05, 3.63) is 48.5 Å². The van der Waals surface area contributed by atoms with Crippen LogP contribution in [-0.2, 0) is 11.3 Å². The fourth-order valence-corrected chi connectivity index (χ4v) is 3.32. The number of carbonyl (C=O) groups is 2. The lowest BCUT2D eigenvalue weighted by Crippen LogP contribution is -2.40. The number of hydrogen-bond acceptors (Lipinski definition) is 4. The summed E-state index contributed by atoms with van der Waals surface area (Å²) in [4.78, 5) is 30.8. The largest absolute Gasteiger partial charge is 0.337 e. The van der Waals surface area contributed by atoms with E-state index in [1.54, 1.807) is 30.7 Å². The maximum Gasteiger partial charge on any atom is 0.254 e. The van der Waals surface area contributed by atoms with E-state index >= 15 is 0 Å². The molecule has 0 saturated carbocycles. The molecule has 138 valence electrons. The van der Waals surface area contributed by atoms with Crippen molar-refractivity contribution >= 4 is 17.5 Å². The van der Waals surface area contributed by atoms with Gasteiger partial charge in [-0.25, -0.2) is 4.98 Å². The molecule has 26 heavy (non-hydrogen) atoms. The van der Waals surface area contributed by atoms with E-state index in [9.17, 15) is 9.59 Å². The highest BCUT2D eigenvalue weighted by atomic mass is 16.2. The van der Waals surface area contributed by atoms with Crippen molar-refractivity contribution < 1.29 is 9.59 Å². The lowest BCUT2D eigenvalue weighted by Gasteiger charge is -2.24. The number of anilines is 1. The number of aryl methyl sites for hydroxylation is 1. The maximum absolute atomic E-state index is 12.8. The minimum atomic E-state index is -0.0856. The molecule has 1 unspecified atom stereocenters. The van der Waals surface area contributed by atoms with Gasteiger partial charge in [0.15, 0.2) is 0 Å². The second-order valence-electron chi connectivity index (χ2n) is 6.53. The number of carbonyl (C=O) groups excluding carboxylic acids is 2. The van der Waals surface area contributed by atoms with E-state index in [2.05, 4.69) is 15.6 Å². The third-order valence-electron chi connectivity index (χ3n) is 4.63. The highest BCUT2D eigenvalue weighted by molar-refractivity contribution is 5.97. The lowest BCUT2D eigenvalue weighted by molar-refractivity contribution is -0.116. The number of rotatable bonds is 7. The first-order valence-electron chi connectivity index (χ1n) is 8.98. The summed E-state index contributed by atoms with van der Waals surface area (Å²) in [5, 5.41) is 6.02. The van der Waals surface area contributed by atoms with E-state index in [1.807, 2.05) is 28.8 Å². The number of benzene rings is 1. The monoisotopic (exact) mass is 355 g/mol. The van der Waals surface area contributed by atoms with Gasteiger partial charge in [-0.05, 0) is 38.1 Å². The second kappa shape index (κ2) is 8.62. The Morgan fingerprint density at radius 1 is 1.35 bits per heavy atom. The summed E-state index contributed by atoms with van der Waals surface area (Å²) in [5.41, 5.74) is 1.26. The summed E-state index contributed by atoms with van der Waals surface area (Å²) in [6.07, 6.45) is 7.60. The fraction of sp³-hybridized carbons (Fsp3) is 0.421. The average molecular weight is 355 g/mol. The predicted octanol–water partition coefficient (Wildman–Crippen LogP) is 1.74. The average Bonchev–Trinajstić information content (AvgIpc) is 3.32. The molecule has 2 amide bonds. The van der Waals surface area contributed by atoms with Crippen LogP contribution in [-0.4, -0.2) is 52.4 Å². The molecule has 2 heterocycles. The van der Waals surface area contributed by atoms with Crippen molar-refractivity contribution in [2.45, 2.75) is 31.8 Å². The van der Waals surface area contributed by atoms with Gasteiger partial charge in [-0.15, -0.1) is 0 Å². The van der Waals surface area contributed by atoms with Gasteiger partial charge in [-0.2, -0.15) is 0 Å². The number of hydrogen-bond donors (Lipinski definition) is 2. The molecule has 1 aliphatic rings. The Kier molecular flexibility index (Phi) is 6.01. The van der Waals surface area contributed by atoms with Crippen LogP contribution in [0.15, 0.2) is 43.0 Å². The zero-order valence-corrected chi connectivity index (χ0v) is 15.0. The molecule has 7 heteroatoms. The van der Waals surface area contributed by atoms with Gasteiger partial charge in [0.25, 0.3) is 5.91 Å². The normalized spacial score (nSPS) is 16.7. The van der Waals surface area contributed by atoms with Gasteiger partial charge in [0, 0.05) is 55.7 Å². The Labute approximate surface area is 153 Å².